The summed E-state index contributed by atoms with van der Waals surface area (Å²) in [5.74, 6) is 0.501. The molecule has 0 bridgehead atoms. The topological polar surface area (TPSA) is 51.2 Å². The van der Waals surface area contributed by atoms with Crippen LogP contribution in [0.3, 0.4) is 0 Å². The summed E-state index contributed by atoms with van der Waals surface area (Å²) in [4.78, 5) is 15.9. The number of anilines is 1. The summed E-state index contributed by atoms with van der Waals surface area (Å²) in [7, 11) is 0. The van der Waals surface area contributed by atoms with Gasteiger partial charge in [-0.3, -0.25) is 9.78 Å². The van der Waals surface area contributed by atoms with Crippen LogP contribution in [0.2, 0.25) is 0 Å². The van der Waals surface area contributed by atoms with E-state index in [0.717, 1.165) is 12.1 Å². The lowest BCUT2D eigenvalue weighted by atomic mass is 10.1. The number of nitrogens with zero attached hydrogens (tertiary/aromatic N) is 1. The number of para-hydroxylation sites is 1. The van der Waals surface area contributed by atoms with E-state index in [4.69, 9.17) is 4.74 Å². The zero-order valence-electron chi connectivity index (χ0n) is 13.2. The van der Waals surface area contributed by atoms with E-state index in [0.29, 0.717) is 5.75 Å². The van der Waals surface area contributed by atoms with E-state index in [-0.39, 0.29) is 12.5 Å². The van der Waals surface area contributed by atoms with Crippen LogP contribution >= 0.6 is 0 Å². The van der Waals surface area contributed by atoms with Crippen molar-refractivity contribution in [1.82, 2.24) is 4.98 Å². The van der Waals surface area contributed by atoms with Crippen molar-refractivity contribution in [3.05, 3.63) is 90.3 Å². The predicted octanol–water partition coefficient (Wildman–Crippen LogP) is 3.69. The van der Waals surface area contributed by atoms with Crippen LogP contribution < -0.4 is 10.1 Å². The van der Waals surface area contributed by atoms with Crippen LogP contribution in [-0.4, -0.2) is 17.5 Å². The van der Waals surface area contributed by atoms with E-state index in [1.807, 2.05) is 66.7 Å². The van der Waals surface area contributed by atoms with Gasteiger partial charge in [0.2, 0.25) is 0 Å². The van der Waals surface area contributed by atoms with Gasteiger partial charge >= 0.3 is 0 Å². The van der Waals surface area contributed by atoms with E-state index in [1.165, 1.54) is 11.1 Å². The van der Waals surface area contributed by atoms with Crippen LogP contribution in [0.1, 0.15) is 11.1 Å². The molecule has 0 radical (unpaired) electrons. The van der Waals surface area contributed by atoms with Gasteiger partial charge < -0.3 is 10.1 Å². The first-order valence-electron chi connectivity index (χ1n) is 7.75. The second-order valence-corrected chi connectivity index (χ2v) is 5.38. The molecule has 0 saturated heterocycles. The first-order valence-corrected chi connectivity index (χ1v) is 7.75. The fourth-order valence-electron chi connectivity index (χ4n) is 2.30. The monoisotopic (exact) mass is 318 g/mol. The Morgan fingerprint density at radius 1 is 0.875 bits per heavy atom. The average molecular weight is 318 g/mol. The lowest BCUT2D eigenvalue weighted by molar-refractivity contribution is -0.118. The summed E-state index contributed by atoms with van der Waals surface area (Å²) in [6.45, 7) is -0.0111. The zero-order chi connectivity index (χ0) is 16.6. The number of amides is 1. The number of rotatable bonds is 6. The largest absolute Gasteiger partial charge is 0.484 e. The standard InChI is InChI=1S/C20H18N2O2/c23-20(15-24-19-4-2-1-3-5-19)22-18-8-6-16(7-9-18)14-17-10-12-21-13-11-17/h1-13H,14-15H2,(H,22,23). The van der Waals surface area contributed by atoms with Crippen molar-refractivity contribution < 1.29 is 9.53 Å². The SMILES string of the molecule is O=C(COc1ccccc1)Nc1ccc(Cc2ccncc2)cc1. The van der Waals surface area contributed by atoms with Gasteiger partial charge in [0.05, 0.1) is 0 Å². The minimum atomic E-state index is -0.180. The molecule has 24 heavy (non-hydrogen) atoms. The highest BCUT2D eigenvalue weighted by Crippen LogP contribution is 2.13. The van der Waals surface area contributed by atoms with Gasteiger partial charge in [0.25, 0.3) is 5.91 Å². The number of nitrogens with one attached hydrogen (secondary N) is 1. The first-order chi connectivity index (χ1) is 11.8. The molecule has 0 aliphatic rings. The van der Waals surface area contributed by atoms with Gasteiger partial charge in [0.15, 0.2) is 6.61 Å². The predicted molar refractivity (Wildman–Crippen MR) is 94.1 cm³/mol. The number of carbonyl (C=O) groups excluding carboxylic acids is 1. The van der Waals surface area contributed by atoms with Gasteiger partial charge in [-0.1, -0.05) is 30.3 Å². The van der Waals surface area contributed by atoms with Gasteiger partial charge in [0, 0.05) is 18.1 Å². The number of hydrogen-bond acceptors (Lipinski definition) is 3. The molecule has 1 N–H and O–H groups in total. The van der Waals surface area contributed by atoms with Crippen LogP contribution in [0.5, 0.6) is 5.75 Å². The lowest BCUT2D eigenvalue weighted by Gasteiger charge is -2.08. The summed E-state index contributed by atoms with van der Waals surface area (Å²) >= 11 is 0. The Labute approximate surface area is 141 Å². The number of hydrogen-bond donors (Lipinski definition) is 1. The molecule has 0 aliphatic carbocycles. The van der Waals surface area contributed by atoms with Crippen LogP contribution in [0.15, 0.2) is 79.1 Å². The Hall–Kier alpha value is -3.14. The Balaban J connectivity index is 1.51. The van der Waals surface area contributed by atoms with Crippen LogP contribution in [-0.2, 0) is 11.2 Å². The second-order valence-electron chi connectivity index (χ2n) is 5.38. The lowest BCUT2D eigenvalue weighted by Crippen LogP contribution is -2.20. The highest BCUT2D eigenvalue weighted by atomic mass is 16.5. The molecule has 0 aliphatic heterocycles. The molecule has 2 aromatic carbocycles. The third-order valence-corrected chi connectivity index (χ3v) is 3.51. The summed E-state index contributed by atoms with van der Waals surface area (Å²) in [5, 5.41) is 2.83. The molecule has 0 saturated carbocycles. The summed E-state index contributed by atoms with van der Waals surface area (Å²) in [5.41, 5.74) is 3.15. The molecule has 0 unspecified atom stereocenters. The van der Waals surface area contributed by atoms with Gasteiger partial charge in [0.1, 0.15) is 5.75 Å². The molecule has 1 heterocycles. The van der Waals surface area contributed by atoms with E-state index in [9.17, 15) is 4.79 Å². The molecule has 4 nitrogen and oxygen atoms in total. The maximum absolute atomic E-state index is 11.9. The molecule has 3 rings (SSSR count). The van der Waals surface area contributed by atoms with Gasteiger partial charge in [-0.15, -0.1) is 0 Å². The number of carbonyl (C=O) groups is 1. The quantitative estimate of drug-likeness (QED) is 0.754. The Bertz CT molecular complexity index is 772. The molecule has 120 valence electrons. The molecular formula is C20H18N2O2. The van der Waals surface area contributed by atoms with E-state index in [2.05, 4.69) is 10.3 Å². The molecule has 1 amide bonds. The molecule has 0 spiro atoms. The van der Waals surface area contributed by atoms with Crippen molar-refractivity contribution >= 4 is 11.6 Å². The maximum atomic E-state index is 11.9. The Morgan fingerprint density at radius 2 is 1.54 bits per heavy atom. The third-order valence-electron chi connectivity index (χ3n) is 3.51. The number of aromatic nitrogens is 1. The smallest absolute Gasteiger partial charge is 0.262 e. The zero-order valence-corrected chi connectivity index (χ0v) is 13.2. The number of pyridine rings is 1. The number of benzene rings is 2. The highest BCUT2D eigenvalue weighted by molar-refractivity contribution is 5.91. The van der Waals surface area contributed by atoms with E-state index in [1.54, 1.807) is 12.4 Å². The van der Waals surface area contributed by atoms with Crippen LogP contribution in [0.4, 0.5) is 5.69 Å². The van der Waals surface area contributed by atoms with Crippen molar-refractivity contribution in [2.75, 3.05) is 11.9 Å². The molecule has 1 aromatic heterocycles. The molecule has 0 fully saturated rings. The fourth-order valence-corrected chi connectivity index (χ4v) is 2.30. The van der Waals surface area contributed by atoms with E-state index < -0.39 is 0 Å². The van der Waals surface area contributed by atoms with Gasteiger partial charge in [-0.2, -0.15) is 0 Å². The fraction of sp³-hybridized carbons (Fsp3) is 0.100. The van der Waals surface area contributed by atoms with Crippen LogP contribution in [0, 0.1) is 0 Å². The Kier molecular flexibility index (Phi) is 5.20. The van der Waals surface area contributed by atoms with Crippen molar-refractivity contribution in [2.24, 2.45) is 0 Å². The second kappa shape index (κ2) is 7.92. The molecule has 0 atom stereocenters. The van der Waals surface area contributed by atoms with Crippen molar-refractivity contribution in [1.29, 1.82) is 0 Å². The number of ether oxygens (including phenoxy) is 1. The normalized spacial score (nSPS) is 10.2. The minimum Gasteiger partial charge on any atom is -0.484 e. The van der Waals surface area contributed by atoms with E-state index >= 15 is 0 Å². The van der Waals surface area contributed by atoms with Gasteiger partial charge in [-0.25, -0.2) is 0 Å². The molecular weight excluding hydrogens is 300 g/mol. The first kappa shape index (κ1) is 15.7. The van der Waals surface area contributed by atoms with Crippen molar-refractivity contribution in [2.45, 2.75) is 6.42 Å². The third kappa shape index (κ3) is 4.68. The molecule has 4 heteroatoms. The van der Waals surface area contributed by atoms with Crippen LogP contribution in [0.25, 0.3) is 0 Å². The highest BCUT2D eigenvalue weighted by Gasteiger charge is 2.04. The maximum Gasteiger partial charge on any atom is 0.262 e. The summed E-state index contributed by atoms with van der Waals surface area (Å²) < 4.78 is 5.42. The van der Waals surface area contributed by atoms with Crippen molar-refractivity contribution in [3.8, 4) is 5.75 Å². The van der Waals surface area contributed by atoms with Gasteiger partial charge in [-0.05, 0) is 53.9 Å². The minimum absolute atomic E-state index is 0.0111. The summed E-state index contributed by atoms with van der Waals surface area (Å²) in [6, 6.07) is 21.1. The average Bonchev–Trinajstić information content (AvgIpc) is 2.63. The van der Waals surface area contributed by atoms with Crippen molar-refractivity contribution in [3.63, 3.8) is 0 Å². The summed E-state index contributed by atoms with van der Waals surface area (Å²) in [6.07, 6.45) is 4.42. The Morgan fingerprint density at radius 3 is 2.25 bits per heavy atom. The molecule has 3 aromatic rings.